The van der Waals surface area contributed by atoms with E-state index < -0.39 is 5.60 Å². The van der Waals surface area contributed by atoms with Crippen molar-refractivity contribution < 1.29 is 19.1 Å². The fourth-order valence-corrected chi connectivity index (χ4v) is 4.93. The molecule has 1 N–H and O–H groups in total. The van der Waals surface area contributed by atoms with Crippen LogP contribution in [0.1, 0.15) is 62.5 Å². The van der Waals surface area contributed by atoms with Crippen molar-refractivity contribution in [3.63, 3.8) is 0 Å². The fourth-order valence-electron chi connectivity index (χ4n) is 4.48. The maximum absolute atomic E-state index is 12.8. The molecule has 2 amide bonds. The highest BCUT2D eigenvalue weighted by Gasteiger charge is 2.27. The lowest BCUT2D eigenvalue weighted by atomic mass is 9.93. The molecule has 2 aromatic rings. The Morgan fingerprint density at radius 1 is 1.08 bits per heavy atom. The number of nitriles is 1. The number of rotatable bonds is 5. The van der Waals surface area contributed by atoms with Gasteiger partial charge in [0.05, 0.1) is 24.1 Å². The average molecular weight is 586 g/mol. The normalized spacial score (nSPS) is 19.9. The second kappa shape index (κ2) is 12.0. The van der Waals surface area contributed by atoms with Gasteiger partial charge in [0.15, 0.2) is 0 Å². The highest BCUT2D eigenvalue weighted by atomic mass is 79.9. The lowest BCUT2D eigenvalue weighted by molar-refractivity contribution is 0.0240. The van der Waals surface area contributed by atoms with Crippen LogP contribution in [-0.2, 0) is 4.74 Å². The summed E-state index contributed by atoms with van der Waals surface area (Å²) in [6, 6.07) is 7.53. The van der Waals surface area contributed by atoms with E-state index in [2.05, 4.69) is 37.3 Å². The molecule has 1 aromatic carbocycles. The van der Waals surface area contributed by atoms with E-state index in [1.807, 2.05) is 31.7 Å². The number of nitrogens with zero attached hydrogens (tertiary/aromatic N) is 5. The van der Waals surface area contributed by atoms with Crippen LogP contribution in [-0.4, -0.2) is 70.8 Å². The summed E-state index contributed by atoms with van der Waals surface area (Å²) in [5, 5.41) is 12.1. The Morgan fingerprint density at radius 2 is 1.79 bits per heavy atom. The Labute approximate surface area is 231 Å². The molecular weight excluding hydrogens is 552 g/mol. The number of halogens is 1. The number of carbonyl (C=O) groups is 2. The van der Waals surface area contributed by atoms with Crippen LogP contribution in [0.5, 0.6) is 5.75 Å². The van der Waals surface area contributed by atoms with Gasteiger partial charge >= 0.3 is 6.09 Å². The SMILES string of the molecule is CC(C)(C)OC(=O)N1CCN(c2cnc(C(=O)N[C@H]3CC[C@H](Oc4ccc(C#N)c(Br)c4)CC3)cn2)CC1. The molecule has 10 nitrogen and oxygen atoms in total. The molecule has 1 aliphatic heterocycles. The third-order valence-corrected chi connectivity index (χ3v) is 7.16. The van der Waals surface area contributed by atoms with Crippen molar-refractivity contribution in [3.8, 4) is 11.8 Å². The number of hydrogen-bond acceptors (Lipinski definition) is 8. The standard InChI is InChI=1S/C27H33BrN6O4/c1-27(2,3)38-26(36)34-12-10-33(11-13-34)24-17-30-23(16-31-24)25(35)32-19-5-8-20(9-6-19)37-21-7-4-18(15-29)22(28)14-21/h4,7,14,16-17,19-20H,5-6,8-13H2,1-3H3,(H,32,35)/t19-,20-. The second-order valence-corrected chi connectivity index (χ2v) is 11.4. The summed E-state index contributed by atoms with van der Waals surface area (Å²) in [5.41, 5.74) is 0.329. The van der Waals surface area contributed by atoms with Gasteiger partial charge in [-0.3, -0.25) is 4.79 Å². The smallest absolute Gasteiger partial charge is 0.410 e. The zero-order valence-corrected chi connectivity index (χ0v) is 23.5. The molecule has 0 radical (unpaired) electrons. The summed E-state index contributed by atoms with van der Waals surface area (Å²) in [6.07, 6.45) is 6.13. The van der Waals surface area contributed by atoms with Crippen LogP contribution < -0.4 is 15.0 Å². The zero-order chi connectivity index (χ0) is 27.3. The van der Waals surface area contributed by atoms with Crippen molar-refractivity contribution >= 4 is 33.7 Å². The lowest BCUT2D eigenvalue weighted by Gasteiger charge is -2.36. The molecule has 1 aliphatic carbocycles. The number of hydrogen-bond donors (Lipinski definition) is 1. The van der Waals surface area contributed by atoms with Gasteiger partial charge < -0.3 is 24.6 Å². The van der Waals surface area contributed by atoms with E-state index in [1.54, 1.807) is 23.2 Å². The number of ether oxygens (including phenoxy) is 2. The molecule has 38 heavy (non-hydrogen) atoms. The third-order valence-electron chi connectivity index (χ3n) is 6.50. The Morgan fingerprint density at radius 3 is 2.37 bits per heavy atom. The second-order valence-electron chi connectivity index (χ2n) is 10.5. The molecule has 2 heterocycles. The Bertz CT molecular complexity index is 1180. The first kappa shape index (κ1) is 27.6. The van der Waals surface area contributed by atoms with Crippen LogP contribution in [0.15, 0.2) is 35.1 Å². The molecule has 2 fully saturated rings. The van der Waals surface area contributed by atoms with Gasteiger partial charge in [-0.2, -0.15) is 5.26 Å². The van der Waals surface area contributed by atoms with Gasteiger partial charge in [-0.15, -0.1) is 0 Å². The van der Waals surface area contributed by atoms with Crippen LogP contribution in [0, 0.1) is 11.3 Å². The minimum absolute atomic E-state index is 0.0532. The molecule has 1 saturated heterocycles. The first-order valence-electron chi connectivity index (χ1n) is 12.8. The number of carbonyl (C=O) groups excluding carboxylic acids is 2. The minimum atomic E-state index is -0.521. The Hall–Kier alpha value is -3.39. The van der Waals surface area contributed by atoms with Crippen LogP contribution in [0.25, 0.3) is 0 Å². The molecule has 2 aliphatic rings. The van der Waals surface area contributed by atoms with E-state index >= 15 is 0 Å². The van der Waals surface area contributed by atoms with E-state index in [4.69, 9.17) is 14.7 Å². The molecular formula is C27H33BrN6O4. The summed E-state index contributed by atoms with van der Waals surface area (Å²) in [7, 11) is 0. The molecule has 202 valence electrons. The Kier molecular flexibility index (Phi) is 8.72. The molecule has 0 atom stereocenters. The number of benzene rings is 1. The predicted molar refractivity (Wildman–Crippen MR) is 145 cm³/mol. The highest BCUT2D eigenvalue weighted by molar-refractivity contribution is 9.10. The Balaban J connectivity index is 1.21. The molecule has 0 bridgehead atoms. The van der Waals surface area contributed by atoms with Crippen LogP contribution in [0.3, 0.4) is 0 Å². The molecule has 0 spiro atoms. The van der Waals surface area contributed by atoms with E-state index in [0.29, 0.717) is 42.0 Å². The lowest BCUT2D eigenvalue weighted by Crippen LogP contribution is -2.50. The number of aromatic nitrogens is 2. The quantitative estimate of drug-likeness (QED) is 0.552. The van der Waals surface area contributed by atoms with E-state index in [0.717, 1.165) is 31.4 Å². The summed E-state index contributed by atoms with van der Waals surface area (Å²) in [6.45, 7) is 7.86. The van der Waals surface area contributed by atoms with Gasteiger partial charge in [0.1, 0.15) is 28.9 Å². The zero-order valence-electron chi connectivity index (χ0n) is 21.9. The molecule has 4 rings (SSSR count). The number of anilines is 1. The van der Waals surface area contributed by atoms with E-state index in [-0.39, 0.29) is 29.8 Å². The fraction of sp³-hybridized carbons (Fsp3) is 0.519. The van der Waals surface area contributed by atoms with Gasteiger partial charge in [-0.25, -0.2) is 14.8 Å². The van der Waals surface area contributed by atoms with E-state index in [9.17, 15) is 9.59 Å². The first-order chi connectivity index (χ1) is 18.1. The monoisotopic (exact) mass is 584 g/mol. The minimum Gasteiger partial charge on any atom is -0.490 e. The average Bonchev–Trinajstić information content (AvgIpc) is 2.89. The maximum Gasteiger partial charge on any atom is 0.410 e. The van der Waals surface area contributed by atoms with Crippen molar-refractivity contribution in [1.29, 1.82) is 5.26 Å². The van der Waals surface area contributed by atoms with Crippen molar-refractivity contribution in [1.82, 2.24) is 20.2 Å². The van der Waals surface area contributed by atoms with Crippen LogP contribution in [0.4, 0.5) is 10.6 Å². The molecule has 0 unspecified atom stereocenters. The van der Waals surface area contributed by atoms with Gasteiger partial charge in [0, 0.05) is 36.7 Å². The van der Waals surface area contributed by atoms with Gasteiger partial charge in [0.2, 0.25) is 0 Å². The largest absolute Gasteiger partial charge is 0.490 e. The summed E-state index contributed by atoms with van der Waals surface area (Å²) in [4.78, 5) is 37.6. The van der Waals surface area contributed by atoms with Gasteiger partial charge in [0.25, 0.3) is 5.91 Å². The van der Waals surface area contributed by atoms with Gasteiger partial charge in [-0.05, 0) is 80.6 Å². The topological polar surface area (TPSA) is 121 Å². The van der Waals surface area contributed by atoms with Crippen molar-refractivity contribution in [2.45, 2.75) is 64.2 Å². The van der Waals surface area contributed by atoms with Crippen LogP contribution >= 0.6 is 15.9 Å². The van der Waals surface area contributed by atoms with Crippen molar-refractivity contribution in [2.24, 2.45) is 0 Å². The van der Waals surface area contributed by atoms with Crippen molar-refractivity contribution in [2.75, 3.05) is 31.1 Å². The molecule has 11 heteroatoms. The summed E-state index contributed by atoms with van der Waals surface area (Å²) < 4.78 is 12.2. The number of piperazine rings is 1. The van der Waals surface area contributed by atoms with Crippen LogP contribution in [0.2, 0.25) is 0 Å². The maximum atomic E-state index is 12.8. The number of nitrogens with one attached hydrogen (secondary N) is 1. The molecule has 1 saturated carbocycles. The van der Waals surface area contributed by atoms with E-state index in [1.165, 1.54) is 6.20 Å². The van der Waals surface area contributed by atoms with Gasteiger partial charge in [-0.1, -0.05) is 0 Å². The predicted octanol–water partition coefficient (Wildman–Crippen LogP) is 4.29. The highest BCUT2D eigenvalue weighted by Crippen LogP contribution is 2.27. The summed E-state index contributed by atoms with van der Waals surface area (Å²) >= 11 is 3.39. The third kappa shape index (κ3) is 7.34. The first-order valence-corrected chi connectivity index (χ1v) is 13.6. The summed E-state index contributed by atoms with van der Waals surface area (Å²) in [5.74, 6) is 1.17. The number of amides is 2. The molecule has 1 aromatic heterocycles. The van der Waals surface area contributed by atoms with Crippen molar-refractivity contribution in [3.05, 3.63) is 46.3 Å².